The summed E-state index contributed by atoms with van der Waals surface area (Å²) >= 11 is 1.39. The minimum absolute atomic E-state index is 0.225. The molecule has 2 aromatic heterocycles. The van der Waals surface area contributed by atoms with Crippen LogP contribution in [0.4, 0.5) is 0 Å². The van der Waals surface area contributed by atoms with Crippen molar-refractivity contribution < 1.29 is 5.11 Å². The highest BCUT2D eigenvalue weighted by atomic mass is 32.1. The van der Waals surface area contributed by atoms with Gasteiger partial charge in [-0.05, 0) is 12.1 Å². The van der Waals surface area contributed by atoms with Gasteiger partial charge in [-0.3, -0.25) is 0 Å². The highest BCUT2D eigenvalue weighted by Gasteiger charge is 2.10. The van der Waals surface area contributed by atoms with Gasteiger partial charge in [0, 0.05) is 0 Å². The number of hydrogen-bond acceptors (Lipinski definition) is 5. The molecule has 74 valence electrons. The van der Waals surface area contributed by atoms with Crippen LogP contribution in [0.25, 0.3) is 15.5 Å². The van der Waals surface area contributed by atoms with Gasteiger partial charge in [-0.1, -0.05) is 23.5 Å². The minimum Gasteiger partial charge on any atom is -0.507 e. The van der Waals surface area contributed by atoms with Gasteiger partial charge in [0.15, 0.2) is 5.01 Å². The molecule has 15 heavy (non-hydrogen) atoms. The van der Waals surface area contributed by atoms with E-state index in [4.69, 9.17) is 0 Å². The summed E-state index contributed by atoms with van der Waals surface area (Å²) in [5.41, 5.74) is 0.716. The summed E-state index contributed by atoms with van der Waals surface area (Å²) in [4.78, 5) is 0.716. The van der Waals surface area contributed by atoms with E-state index >= 15 is 0 Å². The van der Waals surface area contributed by atoms with E-state index in [9.17, 15) is 5.11 Å². The second kappa shape index (κ2) is 3.03. The molecule has 0 aliphatic carbocycles. The number of benzene rings is 1. The van der Waals surface area contributed by atoms with E-state index in [-0.39, 0.29) is 5.75 Å². The van der Waals surface area contributed by atoms with E-state index in [1.54, 1.807) is 16.6 Å². The summed E-state index contributed by atoms with van der Waals surface area (Å²) in [6.45, 7) is 0. The standard InChI is InChI=1S/C9H6N4OS/c14-7-4-2-1-3-6(7)8-12-13-5-10-11-9(13)15-8/h1-5,14H. The fourth-order valence-corrected chi connectivity index (χ4v) is 2.18. The van der Waals surface area contributed by atoms with Crippen molar-refractivity contribution in [3.05, 3.63) is 30.6 Å². The largest absolute Gasteiger partial charge is 0.507 e. The summed E-state index contributed by atoms with van der Waals surface area (Å²) in [5, 5.41) is 22.2. The van der Waals surface area contributed by atoms with Crippen LogP contribution in [0, 0.1) is 0 Å². The second-order valence-electron chi connectivity index (χ2n) is 2.98. The van der Waals surface area contributed by atoms with E-state index in [2.05, 4.69) is 15.3 Å². The van der Waals surface area contributed by atoms with Gasteiger partial charge in [0.1, 0.15) is 12.1 Å². The van der Waals surface area contributed by atoms with Crippen molar-refractivity contribution in [1.29, 1.82) is 0 Å². The van der Waals surface area contributed by atoms with Crippen LogP contribution in [-0.2, 0) is 0 Å². The number of aromatic hydroxyl groups is 1. The maximum absolute atomic E-state index is 9.65. The van der Waals surface area contributed by atoms with Crippen molar-refractivity contribution >= 4 is 16.3 Å². The zero-order valence-electron chi connectivity index (χ0n) is 7.53. The van der Waals surface area contributed by atoms with Crippen molar-refractivity contribution in [2.75, 3.05) is 0 Å². The third kappa shape index (κ3) is 1.26. The van der Waals surface area contributed by atoms with E-state index in [1.165, 1.54) is 17.7 Å². The van der Waals surface area contributed by atoms with E-state index < -0.39 is 0 Å². The zero-order chi connectivity index (χ0) is 10.3. The number of fused-ring (bicyclic) bond motifs is 1. The first-order chi connectivity index (χ1) is 7.34. The molecule has 0 unspecified atom stereocenters. The first-order valence-corrected chi connectivity index (χ1v) is 5.11. The molecule has 0 spiro atoms. The van der Waals surface area contributed by atoms with Crippen molar-refractivity contribution in [1.82, 2.24) is 19.8 Å². The number of hydrogen-bond donors (Lipinski definition) is 1. The lowest BCUT2D eigenvalue weighted by molar-refractivity contribution is 0.477. The first kappa shape index (κ1) is 8.37. The normalized spacial score (nSPS) is 10.9. The van der Waals surface area contributed by atoms with Gasteiger partial charge in [0.05, 0.1) is 5.56 Å². The fraction of sp³-hybridized carbons (Fsp3) is 0. The molecule has 0 radical (unpaired) electrons. The van der Waals surface area contributed by atoms with E-state index in [0.29, 0.717) is 10.5 Å². The van der Waals surface area contributed by atoms with Crippen LogP contribution in [0.5, 0.6) is 5.75 Å². The quantitative estimate of drug-likeness (QED) is 0.673. The van der Waals surface area contributed by atoms with Crippen LogP contribution in [0.2, 0.25) is 0 Å². The van der Waals surface area contributed by atoms with Gasteiger partial charge in [0.2, 0.25) is 4.96 Å². The molecule has 5 nitrogen and oxygen atoms in total. The Bertz CT molecular complexity index is 587. The molecule has 6 heteroatoms. The van der Waals surface area contributed by atoms with Gasteiger partial charge in [-0.2, -0.15) is 9.61 Å². The van der Waals surface area contributed by atoms with Gasteiger partial charge in [0.25, 0.3) is 0 Å². The van der Waals surface area contributed by atoms with Crippen molar-refractivity contribution in [2.45, 2.75) is 0 Å². The number of nitrogens with zero attached hydrogens (tertiary/aromatic N) is 4. The lowest BCUT2D eigenvalue weighted by Crippen LogP contribution is -1.82. The van der Waals surface area contributed by atoms with Crippen LogP contribution in [0.3, 0.4) is 0 Å². The van der Waals surface area contributed by atoms with Crippen LogP contribution < -0.4 is 0 Å². The maximum atomic E-state index is 9.65. The molecule has 0 saturated carbocycles. The summed E-state index contributed by atoms with van der Waals surface area (Å²) in [6, 6.07) is 7.09. The van der Waals surface area contributed by atoms with E-state index in [1.807, 2.05) is 12.1 Å². The smallest absolute Gasteiger partial charge is 0.234 e. The molecule has 1 aromatic carbocycles. The van der Waals surface area contributed by atoms with Crippen LogP contribution in [0.15, 0.2) is 30.6 Å². The predicted molar refractivity (Wildman–Crippen MR) is 55.8 cm³/mol. The number of aromatic nitrogens is 4. The summed E-state index contributed by atoms with van der Waals surface area (Å²) in [7, 11) is 0. The van der Waals surface area contributed by atoms with Crippen molar-refractivity contribution in [3.8, 4) is 16.3 Å². The molecule has 0 amide bonds. The fourth-order valence-electron chi connectivity index (χ4n) is 1.32. The number of phenols is 1. The van der Waals surface area contributed by atoms with Gasteiger partial charge >= 0.3 is 0 Å². The summed E-state index contributed by atoms with van der Waals surface area (Å²) in [6.07, 6.45) is 1.54. The highest BCUT2D eigenvalue weighted by molar-refractivity contribution is 7.19. The Labute approximate surface area is 88.6 Å². The Hall–Kier alpha value is -1.95. The molecule has 0 saturated heterocycles. The number of phenolic OH excluding ortho intramolecular Hbond substituents is 1. The van der Waals surface area contributed by atoms with E-state index in [0.717, 1.165) is 5.01 Å². The lowest BCUT2D eigenvalue weighted by atomic mass is 10.2. The van der Waals surface area contributed by atoms with Crippen LogP contribution in [-0.4, -0.2) is 24.9 Å². The van der Waals surface area contributed by atoms with Crippen molar-refractivity contribution in [2.24, 2.45) is 0 Å². The van der Waals surface area contributed by atoms with Gasteiger partial charge in [-0.25, -0.2) is 0 Å². The molecule has 3 rings (SSSR count). The molecule has 3 aromatic rings. The Morgan fingerprint density at radius 2 is 2.13 bits per heavy atom. The Balaban J connectivity index is 2.22. The minimum atomic E-state index is 0.225. The Morgan fingerprint density at radius 3 is 2.93 bits per heavy atom. The molecule has 1 N–H and O–H groups in total. The van der Waals surface area contributed by atoms with Gasteiger partial charge in [-0.15, -0.1) is 10.2 Å². The molecular weight excluding hydrogens is 212 g/mol. The second-order valence-corrected chi connectivity index (χ2v) is 3.94. The average Bonchev–Trinajstić information content (AvgIpc) is 2.77. The van der Waals surface area contributed by atoms with Crippen LogP contribution >= 0.6 is 11.3 Å². The zero-order valence-corrected chi connectivity index (χ0v) is 8.35. The highest BCUT2D eigenvalue weighted by Crippen LogP contribution is 2.31. The molecule has 2 heterocycles. The third-order valence-electron chi connectivity index (χ3n) is 2.02. The molecule has 0 aliphatic heterocycles. The first-order valence-electron chi connectivity index (χ1n) is 4.30. The summed E-state index contributed by atoms with van der Waals surface area (Å²) < 4.78 is 1.59. The Kier molecular flexibility index (Phi) is 1.69. The topological polar surface area (TPSA) is 63.3 Å². The molecule has 0 atom stereocenters. The average molecular weight is 218 g/mol. The van der Waals surface area contributed by atoms with Gasteiger partial charge < -0.3 is 5.11 Å². The third-order valence-corrected chi connectivity index (χ3v) is 2.97. The molecular formula is C9H6N4OS. The Morgan fingerprint density at radius 1 is 1.27 bits per heavy atom. The number of para-hydroxylation sites is 1. The maximum Gasteiger partial charge on any atom is 0.234 e. The molecule has 0 aliphatic rings. The lowest BCUT2D eigenvalue weighted by Gasteiger charge is -1.97. The van der Waals surface area contributed by atoms with Crippen molar-refractivity contribution in [3.63, 3.8) is 0 Å². The predicted octanol–water partition coefficient (Wildman–Crippen LogP) is 1.56. The SMILES string of the molecule is Oc1ccccc1-c1nn2cnnc2s1. The number of rotatable bonds is 1. The van der Waals surface area contributed by atoms with Crippen LogP contribution in [0.1, 0.15) is 0 Å². The molecule has 0 fully saturated rings. The molecule has 0 bridgehead atoms. The monoisotopic (exact) mass is 218 g/mol. The summed E-state index contributed by atoms with van der Waals surface area (Å²) in [5.74, 6) is 0.225.